The second-order valence-corrected chi connectivity index (χ2v) is 9.04. The number of aryl methyl sites for hydroxylation is 2. The molecule has 32 heavy (non-hydrogen) atoms. The summed E-state index contributed by atoms with van der Waals surface area (Å²) in [5, 5.41) is 0.611. The van der Waals surface area contributed by atoms with Crippen molar-refractivity contribution in [1.82, 2.24) is 18.7 Å². The van der Waals surface area contributed by atoms with Gasteiger partial charge in [-0.25, -0.2) is 4.79 Å². The predicted molar refractivity (Wildman–Crippen MR) is 127 cm³/mol. The van der Waals surface area contributed by atoms with Gasteiger partial charge in [0.1, 0.15) is 0 Å². The fourth-order valence-electron chi connectivity index (χ4n) is 4.36. The van der Waals surface area contributed by atoms with Crippen LogP contribution in [0.3, 0.4) is 0 Å². The number of hydrogen-bond donors (Lipinski definition) is 0. The zero-order chi connectivity index (χ0) is 22.6. The summed E-state index contributed by atoms with van der Waals surface area (Å²) in [5.74, 6) is 1.00. The van der Waals surface area contributed by atoms with Gasteiger partial charge in [-0.05, 0) is 42.7 Å². The summed E-state index contributed by atoms with van der Waals surface area (Å²) in [7, 11) is 1.67. The molecule has 8 heteroatoms. The van der Waals surface area contributed by atoms with Crippen LogP contribution in [0, 0.1) is 12.8 Å². The van der Waals surface area contributed by atoms with Gasteiger partial charge in [-0.1, -0.05) is 48.4 Å². The lowest BCUT2D eigenvalue weighted by Crippen LogP contribution is -2.40. The lowest BCUT2D eigenvalue weighted by Gasteiger charge is -2.33. The summed E-state index contributed by atoms with van der Waals surface area (Å²) < 4.78 is 4.70. The van der Waals surface area contributed by atoms with E-state index in [9.17, 15) is 9.59 Å². The number of fused-ring (bicyclic) bond motifs is 3. The van der Waals surface area contributed by atoms with Gasteiger partial charge < -0.3 is 9.47 Å². The number of aromatic nitrogens is 4. The smallest absolute Gasteiger partial charge is 0.312 e. The fourth-order valence-corrected chi connectivity index (χ4v) is 4.49. The Morgan fingerprint density at radius 1 is 1.03 bits per heavy atom. The van der Waals surface area contributed by atoms with Crippen LogP contribution >= 0.6 is 11.6 Å². The topological polar surface area (TPSA) is 65.1 Å². The van der Waals surface area contributed by atoms with Crippen LogP contribution in [0.5, 0.6) is 0 Å². The van der Waals surface area contributed by atoms with Gasteiger partial charge in [0.05, 0.1) is 6.54 Å². The fraction of sp³-hybridized carbons (Fsp3) is 0.292. The molecule has 0 aliphatic carbocycles. The molecule has 0 fully saturated rings. The monoisotopic (exact) mass is 449 g/mol. The second kappa shape index (κ2) is 7.67. The number of benzene rings is 2. The van der Waals surface area contributed by atoms with Crippen LogP contribution in [0.2, 0.25) is 5.02 Å². The number of halogens is 1. The number of hydrogen-bond acceptors (Lipinski definition) is 4. The van der Waals surface area contributed by atoms with E-state index in [1.54, 1.807) is 19.2 Å². The molecule has 1 atom stereocenters. The highest BCUT2D eigenvalue weighted by molar-refractivity contribution is 6.30. The second-order valence-electron chi connectivity index (χ2n) is 8.61. The van der Waals surface area contributed by atoms with Crippen molar-refractivity contribution in [1.29, 1.82) is 0 Å². The van der Waals surface area contributed by atoms with Crippen molar-refractivity contribution in [3.63, 3.8) is 0 Å². The van der Waals surface area contributed by atoms with Gasteiger partial charge >= 0.3 is 5.69 Å². The van der Waals surface area contributed by atoms with Crippen molar-refractivity contribution >= 4 is 34.4 Å². The standard InChI is InChI=1S/C24H24ClN5O2/c1-15-4-10-19(11-5-15)28-12-16(2)13-29-20-21(26-23(28)29)27(3)24(32)30(22(20)31)14-17-6-8-18(25)9-7-17/h4-11,16H,12-14H2,1-3H3. The minimum Gasteiger partial charge on any atom is -0.312 e. The summed E-state index contributed by atoms with van der Waals surface area (Å²) in [4.78, 5) is 33.5. The first-order chi connectivity index (χ1) is 15.3. The highest BCUT2D eigenvalue weighted by Crippen LogP contribution is 2.32. The van der Waals surface area contributed by atoms with E-state index in [1.807, 2.05) is 16.7 Å². The first-order valence-corrected chi connectivity index (χ1v) is 11.0. The normalized spacial score (nSPS) is 15.9. The van der Waals surface area contributed by atoms with Crippen molar-refractivity contribution in [3.05, 3.63) is 85.5 Å². The molecule has 5 rings (SSSR count). The van der Waals surface area contributed by atoms with Gasteiger partial charge in [-0.3, -0.25) is 13.9 Å². The molecular weight excluding hydrogens is 426 g/mol. The Balaban J connectivity index is 1.70. The third kappa shape index (κ3) is 3.33. The van der Waals surface area contributed by atoms with E-state index < -0.39 is 0 Å². The number of nitrogens with zero attached hydrogens (tertiary/aromatic N) is 5. The minimum absolute atomic E-state index is 0.177. The van der Waals surface area contributed by atoms with E-state index >= 15 is 0 Å². The summed E-state index contributed by atoms with van der Waals surface area (Å²) >= 11 is 5.98. The first-order valence-electron chi connectivity index (χ1n) is 10.6. The Kier molecular flexibility index (Phi) is 4.93. The summed E-state index contributed by atoms with van der Waals surface area (Å²) in [5.41, 5.74) is 3.19. The molecule has 0 amide bonds. The van der Waals surface area contributed by atoms with Crippen molar-refractivity contribution < 1.29 is 0 Å². The van der Waals surface area contributed by atoms with Crippen LogP contribution in [-0.4, -0.2) is 25.2 Å². The summed E-state index contributed by atoms with van der Waals surface area (Å²) in [6.45, 7) is 5.85. The van der Waals surface area contributed by atoms with Crippen LogP contribution in [0.15, 0.2) is 58.1 Å². The Labute approximate surface area is 190 Å². The molecule has 0 spiro atoms. The van der Waals surface area contributed by atoms with Crippen molar-refractivity contribution in [3.8, 4) is 0 Å². The van der Waals surface area contributed by atoms with Gasteiger partial charge in [0.2, 0.25) is 5.95 Å². The molecule has 2 aromatic carbocycles. The molecule has 0 saturated heterocycles. The molecule has 164 valence electrons. The zero-order valence-corrected chi connectivity index (χ0v) is 19.0. The lowest BCUT2D eigenvalue weighted by atomic mass is 10.1. The van der Waals surface area contributed by atoms with Gasteiger partial charge in [-0.2, -0.15) is 4.98 Å². The van der Waals surface area contributed by atoms with Gasteiger partial charge in [0.25, 0.3) is 5.56 Å². The zero-order valence-electron chi connectivity index (χ0n) is 18.2. The summed E-state index contributed by atoms with van der Waals surface area (Å²) in [6.07, 6.45) is 0. The predicted octanol–water partition coefficient (Wildman–Crippen LogP) is 3.69. The van der Waals surface area contributed by atoms with E-state index in [0.717, 1.165) is 17.8 Å². The van der Waals surface area contributed by atoms with Crippen molar-refractivity contribution in [2.24, 2.45) is 13.0 Å². The molecule has 0 saturated carbocycles. The van der Waals surface area contributed by atoms with E-state index in [-0.39, 0.29) is 17.8 Å². The molecule has 0 bridgehead atoms. The van der Waals surface area contributed by atoms with Gasteiger partial charge in [0.15, 0.2) is 11.2 Å². The number of rotatable bonds is 3. The number of imidazole rings is 1. The van der Waals surface area contributed by atoms with E-state index in [4.69, 9.17) is 16.6 Å². The van der Waals surface area contributed by atoms with Crippen molar-refractivity contribution in [2.75, 3.05) is 11.4 Å². The highest BCUT2D eigenvalue weighted by atomic mass is 35.5. The van der Waals surface area contributed by atoms with E-state index in [0.29, 0.717) is 34.6 Å². The maximum absolute atomic E-state index is 13.5. The van der Waals surface area contributed by atoms with Crippen LogP contribution in [0.1, 0.15) is 18.1 Å². The van der Waals surface area contributed by atoms with Gasteiger partial charge in [-0.15, -0.1) is 0 Å². The molecule has 2 aromatic heterocycles. The van der Waals surface area contributed by atoms with E-state index in [2.05, 4.69) is 43.0 Å². The van der Waals surface area contributed by atoms with Crippen LogP contribution in [0.4, 0.5) is 11.6 Å². The van der Waals surface area contributed by atoms with Gasteiger partial charge in [0, 0.05) is 30.8 Å². The molecule has 1 aliphatic rings. The van der Waals surface area contributed by atoms with Crippen LogP contribution in [-0.2, 0) is 20.1 Å². The molecule has 1 aliphatic heterocycles. The molecule has 3 heterocycles. The van der Waals surface area contributed by atoms with Crippen molar-refractivity contribution in [2.45, 2.75) is 26.9 Å². The third-order valence-electron chi connectivity index (χ3n) is 6.04. The quantitative estimate of drug-likeness (QED) is 0.478. The number of anilines is 2. The van der Waals surface area contributed by atoms with E-state index in [1.165, 1.54) is 14.7 Å². The Bertz CT molecular complexity index is 1430. The molecule has 7 nitrogen and oxygen atoms in total. The Hall–Kier alpha value is -3.32. The molecule has 0 radical (unpaired) electrons. The highest BCUT2D eigenvalue weighted by Gasteiger charge is 2.29. The molecule has 1 unspecified atom stereocenters. The summed E-state index contributed by atoms with van der Waals surface area (Å²) in [6, 6.07) is 15.4. The maximum atomic E-state index is 13.5. The van der Waals surface area contributed by atoms with Crippen LogP contribution in [0.25, 0.3) is 11.2 Å². The Morgan fingerprint density at radius 3 is 2.41 bits per heavy atom. The first kappa shape index (κ1) is 20.6. The third-order valence-corrected chi connectivity index (χ3v) is 6.29. The average molecular weight is 450 g/mol. The largest absolute Gasteiger partial charge is 0.332 e. The van der Waals surface area contributed by atoms with Crippen LogP contribution < -0.4 is 16.1 Å². The maximum Gasteiger partial charge on any atom is 0.332 e. The minimum atomic E-state index is -0.386. The molecule has 0 N–H and O–H groups in total. The molecular formula is C24H24ClN5O2. The SMILES string of the molecule is Cc1ccc(N2CC(C)Cn3c2nc2c3c(=O)n(Cc3ccc(Cl)cc3)c(=O)n2C)cc1. The molecule has 4 aromatic rings. The Morgan fingerprint density at radius 2 is 1.72 bits per heavy atom. The average Bonchev–Trinajstić information content (AvgIpc) is 3.16. The lowest BCUT2D eigenvalue weighted by molar-refractivity contribution is 0.458.